The van der Waals surface area contributed by atoms with E-state index in [4.69, 9.17) is 31.1 Å². The lowest BCUT2D eigenvalue weighted by atomic mass is 9.88. The molecule has 5 aromatic carbocycles. The Morgan fingerprint density at radius 2 is 1.21 bits per heavy atom. The molecule has 0 unspecified atom stereocenters. The molecule has 1 N–H and O–H groups in total. The van der Waals surface area contributed by atoms with Gasteiger partial charge in [0.25, 0.3) is 0 Å². The number of hydrogen-bond donors (Lipinski definition) is 1. The van der Waals surface area contributed by atoms with Crippen molar-refractivity contribution in [1.29, 1.82) is 0 Å². The number of nitrogens with one attached hydrogen (secondary N) is 1. The fourth-order valence-electron chi connectivity index (χ4n) is 9.62. The van der Waals surface area contributed by atoms with Crippen LogP contribution in [0.1, 0.15) is 106 Å². The number of piperidine rings is 1. The lowest BCUT2D eigenvalue weighted by molar-refractivity contribution is -0.132. The second kappa shape index (κ2) is 18.7. The van der Waals surface area contributed by atoms with Crippen molar-refractivity contribution in [3.05, 3.63) is 176 Å². The number of fused-ring (bicyclic) bond motifs is 6. The third kappa shape index (κ3) is 8.67. The summed E-state index contributed by atoms with van der Waals surface area (Å²) in [5.74, 6) is 4.14. The molecule has 0 saturated carbocycles. The van der Waals surface area contributed by atoms with Crippen LogP contribution in [0.3, 0.4) is 0 Å². The Morgan fingerprint density at radius 1 is 0.662 bits per heavy atom. The molecule has 68 heavy (non-hydrogen) atoms. The Kier molecular flexibility index (Phi) is 12.2. The van der Waals surface area contributed by atoms with E-state index in [0.717, 1.165) is 69.0 Å². The Labute approximate surface area is 399 Å². The molecule has 14 nitrogen and oxygen atoms in total. The lowest BCUT2D eigenvalue weighted by Crippen LogP contribution is -2.38. The van der Waals surface area contributed by atoms with Crippen LogP contribution >= 0.6 is 11.6 Å². The topological polar surface area (TPSA) is 154 Å². The Hall–Kier alpha value is -7.45. The number of hydrogen-bond acceptors (Lipinski definition) is 10. The van der Waals surface area contributed by atoms with E-state index in [2.05, 4.69) is 69.0 Å². The summed E-state index contributed by atoms with van der Waals surface area (Å²) in [6.45, 7) is 7.45. The number of rotatable bonds is 11. The molecule has 15 heteroatoms. The molecular weight excluding hydrogens is 876 g/mol. The summed E-state index contributed by atoms with van der Waals surface area (Å²) in [7, 11) is 3.29. The molecule has 3 aliphatic heterocycles. The van der Waals surface area contributed by atoms with Crippen molar-refractivity contribution in [3.8, 4) is 22.9 Å². The molecule has 344 valence electrons. The van der Waals surface area contributed by atoms with E-state index in [-0.39, 0.29) is 30.6 Å². The molecule has 2 aromatic heterocycles. The van der Waals surface area contributed by atoms with E-state index in [1.54, 1.807) is 14.2 Å². The molecule has 5 heterocycles. The third-order valence-corrected chi connectivity index (χ3v) is 13.5. The van der Waals surface area contributed by atoms with Gasteiger partial charge >= 0.3 is 0 Å². The van der Waals surface area contributed by atoms with Crippen LogP contribution in [0.4, 0.5) is 0 Å². The first-order chi connectivity index (χ1) is 33.0. The van der Waals surface area contributed by atoms with Crippen molar-refractivity contribution in [2.45, 2.75) is 71.0 Å². The molecule has 10 rings (SSSR count). The summed E-state index contributed by atoms with van der Waals surface area (Å²) in [4.78, 5) is 40.5. The number of aromatic nitrogens is 6. The van der Waals surface area contributed by atoms with Gasteiger partial charge in [0, 0.05) is 46.9 Å². The molecular formula is C53H51ClN10O4. The highest BCUT2D eigenvalue weighted by atomic mass is 35.5. The number of aliphatic imine (C=N–C) groups is 2. The minimum absolute atomic E-state index is 0.0147. The van der Waals surface area contributed by atoms with Crippen LogP contribution in [0.25, 0.3) is 11.4 Å². The van der Waals surface area contributed by atoms with Crippen LogP contribution in [0.2, 0.25) is 5.02 Å². The summed E-state index contributed by atoms with van der Waals surface area (Å²) < 4.78 is 15.3. The first-order valence-corrected chi connectivity index (χ1v) is 23.3. The fraction of sp³-hybridized carbons (Fsp3) is 0.283. The van der Waals surface area contributed by atoms with Crippen LogP contribution in [-0.4, -0.2) is 85.0 Å². The van der Waals surface area contributed by atoms with E-state index in [9.17, 15) is 9.59 Å². The average molecular weight is 928 g/mol. The minimum atomic E-state index is -0.590. The van der Waals surface area contributed by atoms with E-state index in [0.29, 0.717) is 59.5 Å². The van der Waals surface area contributed by atoms with Gasteiger partial charge in [-0.15, -0.1) is 20.4 Å². The first-order valence-electron chi connectivity index (χ1n) is 22.9. The number of aryl methyl sites for hydroxylation is 3. The van der Waals surface area contributed by atoms with Gasteiger partial charge in [-0.2, -0.15) is 0 Å². The predicted octanol–water partition coefficient (Wildman–Crippen LogP) is 8.73. The molecule has 0 radical (unpaired) electrons. The van der Waals surface area contributed by atoms with Crippen molar-refractivity contribution in [1.82, 2.24) is 39.7 Å². The minimum Gasteiger partial charge on any atom is -0.497 e. The standard InChI is InChI=1S/C53H51ClN10O4/c1-31-9-11-36(12-10-31)50-42-26-40(67-4)17-19-46(42)63-32(2)58-60-52(63)44(56-50)28-48(65)55-30-34-7-6-8-38(25-34)35-21-23-62(24-22-35)49(66)29-45-53-61-59-33(3)64(53)47-20-18-41(68-5)27-43(47)51(57-45)37-13-15-39(54)16-14-37/h6-20,25-27,35,44-45H,21-24,28-30H2,1-5H3,(H,55,65)/t44-,45-/m0/s1. The van der Waals surface area contributed by atoms with E-state index >= 15 is 0 Å². The second-order valence-corrected chi connectivity index (χ2v) is 18.0. The highest BCUT2D eigenvalue weighted by Gasteiger charge is 2.34. The maximum atomic E-state index is 14.2. The van der Waals surface area contributed by atoms with Crippen LogP contribution in [-0.2, 0) is 16.1 Å². The zero-order valence-corrected chi connectivity index (χ0v) is 39.4. The molecule has 1 fully saturated rings. The number of ether oxygens (including phenoxy) is 2. The third-order valence-electron chi connectivity index (χ3n) is 13.2. The molecule has 3 aliphatic rings. The normalized spacial score (nSPS) is 16.5. The second-order valence-electron chi connectivity index (χ2n) is 17.6. The van der Waals surface area contributed by atoms with E-state index in [1.165, 1.54) is 5.56 Å². The Balaban J connectivity index is 0.817. The number of amides is 2. The van der Waals surface area contributed by atoms with Crippen molar-refractivity contribution >= 4 is 34.8 Å². The summed E-state index contributed by atoms with van der Waals surface area (Å²) in [5.41, 5.74) is 10.1. The molecule has 0 bridgehead atoms. The number of nitrogens with zero attached hydrogens (tertiary/aromatic N) is 9. The van der Waals surface area contributed by atoms with Gasteiger partial charge in [-0.05, 0) is 99.2 Å². The van der Waals surface area contributed by atoms with Crippen molar-refractivity contribution < 1.29 is 19.1 Å². The van der Waals surface area contributed by atoms with Crippen LogP contribution in [0, 0.1) is 20.8 Å². The summed E-state index contributed by atoms with van der Waals surface area (Å²) in [5, 5.41) is 21.8. The number of carbonyl (C=O) groups excluding carboxylic acids is 2. The van der Waals surface area contributed by atoms with Crippen LogP contribution < -0.4 is 14.8 Å². The fourth-order valence-corrected chi connectivity index (χ4v) is 9.75. The summed E-state index contributed by atoms with van der Waals surface area (Å²) in [6.07, 6.45) is 1.84. The first kappa shape index (κ1) is 44.4. The number of carbonyl (C=O) groups is 2. The molecule has 2 atom stereocenters. The highest BCUT2D eigenvalue weighted by molar-refractivity contribution is 6.30. The van der Waals surface area contributed by atoms with Gasteiger partial charge in [-0.3, -0.25) is 28.7 Å². The van der Waals surface area contributed by atoms with Crippen molar-refractivity contribution in [3.63, 3.8) is 0 Å². The smallest absolute Gasteiger partial charge is 0.225 e. The van der Waals surface area contributed by atoms with Crippen molar-refractivity contribution in [2.24, 2.45) is 9.98 Å². The van der Waals surface area contributed by atoms with E-state index in [1.807, 2.05) is 101 Å². The Bertz CT molecular complexity index is 3110. The molecule has 7 aromatic rings. The van der Waals surface area contributed by atoms with Crippen LogP contribution in [0.15, 0.2) is 119 Å². The van der Waals surface area contributed by atoms with Gasteiger partial charge in [0.05, 0.1) is 49.9 Å². The van der Waals surface area contributed by atoms with Gasteiger partial charge in [0.2, 0.25) is 11.8 Å². The van der Waals surface area contributed by atoms with Gasteiger partial charge in [-0.1, -0.05) is 77.8 Å². The summed E-state index contributed by atoms with van der Waals surface area (Å²) >= 11 is 6.30. The highest BCUT2D eigenvalue weighted by Crippen LogP contribution is 2.37. The number of benzene rings is 5. The van der Waals surface area contributed by atoms with Crippen molar-refractivity contribution in [2.75, 3.05) is 27.3 Å². The maximum absolute atomic E-state index is 14.2. The summed E-state index contributed by atoms with van der Waals surface area (Å²) in [6, 6.07) is 34.8. The van der Waals surface area contributed by atoms with Crippen LogP contribution in [0.5, 0.6) is 11.5 Å². The SMILES string of the molecule is COc1ccc2c(c1)C(c1ccc(C)cc1)=N[C@@H](CC(=O)NCc1cccc(C3CCN(C(=O)C[C@@H]4N=C(c5ccc(Cl)cc5)c5cc(OC)ccc5-n5c(C)nnc54)CC3)c1)c1nnc(C)n1-2. The maximum Gasteiger partial charge on any atom is 0.225 e. The monoisotopic (exact) mass is 926 g/mol. The van der Waals surface area contributed by atoms with E-state index < -0.39 is 12.1 Å². The zero-order valence-electron chi connectivity index (χ0n) is 38.6. The molecule has 1 saturated heterocycles. The Morgan fingerprint density at radius 3 is 1.76 bits per heavy atom. The molecule has 2 amide bonds. The van der Waals surface area contributed by atoms with Gasteiger partial charge in [0.15, 0.2) is 11.6 Å². The number of likely N-dealkylation sites (tertiary alicyclic amines) is 1. The molecule has 0 aliphatic carbocycles. The largest absolute Gasteiger partial charge is 0.497 e. The number of halogens is 1. The van der Waals surface area contributed by atoms with Gasteiger partial charge in [0.1, 0.15) is 35.2 Å². The lowest BCUT2D eigenvalue weighted by Gasteiger charge is -2.33. The number of methoxy groups -OCH3 is 2. The molecule has 0 spiro atoms. The predicted molar refractivity (Wildman–Crippen MR) is 261 cm³/mol. The van der Waals surface area contributed by atoms with Gasteiger partial charge < -0.3 is 19.7 Å². The van der Waals surface area contributed by atoms with Gasteiger partial charge in [-0.25, -0.2) is 0 Å². The zero-order chi connectivity index (χ0) is 47.1. The quantitative estimate of drug-likeness (QED) is 0.135. The average Bonchev–Trinajstić information content (AvgIpc) is 3.87.